The molecule has 2 aromatic heterocycles. The van der Waals surface area contributed by atoms with E-state index in [1.165, 1.54) is 30.0 Å². The molecule has 1 fully saturated rings. The van der Waals surface area contributed by atoms with E-state index in [9.17, 15) is 13.2 Å². The van der Waals surface area contributed by atoms with Gasteiger partial charge in [0.25, 0.3) is 0 Å². The lowest BCUT2D eigenvalue weighted by Gasteiger charge is -2.22. The van der Waals surface area contributed by atoms with Gasteiger partial charge in [-0.15, -0.1) is 13.2 Å². The van der Waals surface area contributed by atoms with E-state index in [0.717, 1.165) is 31.6 Å². The third kappa shape index (κ3) is 5.52. The van der Waals surface area contributed by atoms with E-state index in [1.54, 1.807) is 16.8 Å². The van der Waals surface area contributed by atoms with Gasteiger partial charge in [-0.3, -0.25) is 0 Å². The van der Waals surface area contributed by atoms with Gasteiger partial charge in [0.1, 0.15) is 11.4 Å². The first-order valence-electron chi connectivity index (χ1n) is 10.7. The predicted molar refractivity (Wildman–Crippen MR) is 119 cm³/mol. The van der Waals surface area contributed by atoms with Gasteiger partial charge in [0.05, 0.1) is 11.9 Å². The fourth-order valence-electron chi connectivity index (χ4n) is 3.73. The molecule has 0 atom stereocenters. The Labute approximate surface area is 193 Å². The Morgan fingerprint density at radius 1 is 1.24 bits per heavy atom. The number of aromatic nitrogens is 3. The van der Waals surface area contributed by atoms with E-state index in [4.69, 9.17) is 0 Å². The van der Waals surface area contributed by atoms with Gasteiger partial charge in [-0.05, 0) is 37.9 Å². The van der Waals surface area contributed by atoms with Crippen LogP contribution < -0.4 is 15.4 Å². The highest BCUT2D eigenvalue weighted by atomic mass is 32.2. The van der Waals surface area contributed by atoms with Gasteiger partial charge in [-0.25, -0.2) is 13.9 Å². The highest BCUT2D eigenvalue weighted by Crippen LogP contribution is 2.35. The number of nitrogens with zero attached hydrogens (tertiary/aromatic N) is 3. The summed E-state index contributed by atoms with van der Waals surface area (Å²) in [5.74, 6) is -0.789. The molecule has 0 unspecified atom stereocenters. The fraction of sp³-hybridized carbons (Fsp3) is 0.455. The van der Waals surface area contributed by atoms with Crippen molar-refractivity contribution in [3.05, 3.63) is 47.5 Å². The Bertz CT molecular complexity index is 1110. The first-order valence-corrected chi connectivity index (χ1v) is 11.6. The fourth-order valence-corrected chi connectivity index (χ4v) is 4.85. The standard InChI is InChI=1S/C22H25F4N5OS/c1-13(2)16-12-29-20-19(28-11-14-5-3-4-6-17(14)32-22(24,25)26)18(23)21(30-31(16)20)33-15-7-9-27-10-8-15/h3-6,12-13,15,27-28H,7-11H2,1-2H3. The number of hydrogen-bond donors (Lipinski definition) is 2. The molecule has 0 spiro atoms. The maximum absolute atomic E-state index is 15.6. The highest BCUT2D eigenvalue weighted by Gasteiger charge is 2.32. The average Bonchev–Trinajstić information content (AvgIpc) is 3.18. The summed E-state index contributed by atoms with van der Waals surface area (Å²) in [5, 5.41) is 11.3. The van der Waals surface area contributed by atoms with Gasteiger partial charge in [-0.2, -0.15) is 5.10 Å². The molecule has 33 heavy (non-hydrogen) atoms. The minimum absolute atomic E-state index is 0.0792. The van der Waals surface area contributed by atoms with Crippen LogP contribution in [-0.4, -0.2) is 39.3 Å². The lowest BCUT2D eigenvalue weighted by molar-refractivity contribution is -0.274. The van der Waals surface area contributed by atoms with Gasteiger partial charge < -0.3 is 15.4 Å². The van der Waals surface area contributed by atoms with E-state index in [-0.39, 0.29) is 39.7 Å². The number of piperidine rings is 1. The molecule has 4 rings (SSSR count). The van der Waals surface area contributed by atoms with Crippen molar-refractivity contribution in [2.75, 3.05) is 18.4 Å². The SMILES string of the molecule is CC(C)c1cnc2c(NCc3ccccc3OC(F)(F)F)c(F)c(SC3CCNCC3)nn12. The van der Waals surface area contributed by atoms with Crippen LogP contribution in [0.5, 0.6) is 5.75 Å². The maximum atomic E-state index is 15.6. The Morgan fingerprint density at radius 3 is 2.67 bits per heavy atom. The van der Waals surface area contributed by atoms with Crippen LogP contribution in [0.2, 0.25) is 0 Å². The minimum Gasteiger partial charge on any atom is -0.405 e. The van der Waals surface area contributed by atoms with Gasteiger partial charge in [-0.1, -0.05) is 43.8 Å². The van der Waals surface area contributed by atoms with E-state index in [2.05, 4.69) is 25.5 Å². The number of thioether (sulfide) groups is 1. The van der Waals surface area contributed by atoms with E-state index >= 15 is 4.39 Å². The Hall–Kier alpha value is -2.53. The number of alkyl halides is 3. The summed E-state index contributed by atoms with van der Waals surface area (Å²) >= 11 is 1.39. The molecule has 3 aromatic rings. The van der Waals surface area contributed by atoms with Crippen LogP contribution in [-0.2, 0) is 6.54 Å². The third-order valence-corrected chi connectivity index (χ3v) is 6.68. The molecule has 6 nitrogen and oxygen atoms in total. The molecular weight excluding hydrogens is 458 g/mol. The van der Waals surface area contributed by atoms with Crippen LogP contribution >= 0.6 is 11.8 Å². The minimum atomic E-state index is -4.82. The smallest absolute Gasteiger partial charge is 0.405 e. The maximum Gasteiger partial charge on any atom is 0.573 e. The molecule has 1 saturated heterocycles. The van der Waals surface area contributed by atoms with E-state index in [0.29, 0.717) is 5.65 Å². The molecule has 3 heterocycles. The van der Waals surface area contributed by atoms with Crippen LogP contribution in [0.3, 0.4) is 0 Å². The number of nitrogens with one attached hydrogen (secondary N) is 2. The molecule has 1 aromatic carbocycles. The topological polar surface area (TPSA) is 63.5 Å². The average molecular weight is 484 g/mol. The monoisotopic (exact) mass is 483 g/mol. The van der Waals surface area contributed by atoms with Crippen molar-refractivity contribution >= 4 is 23.1 Å². The van der Waals surface area contributed by atoms with Crippen LogP contribution in [0.15, 0.2) is 35.5 Å². The third-order valence-electron chi connectivity index (χ3n) is 5.40. The van der Waals surface area contributed by atoms with Crippen molar-refractivity contribution < 1.29 is 22.3 Å². The Morgan fingerprint density at radius 2 is 1.97 bits per heavy atom. The molecular formula is C22H25F4N5OS. The second-order valence-corrected chi connectivity index (χ2v) is 9.43. The quantitative estimate of drug-likeness (QED) is 0.442. The Kier molecular flexibility index (Phi) is 6.99. The zero-order valence-corrected chi connectivity index (χ0v) is 19.1. The molecule has 1 aliphatic rings. The van der Waals surface area contributed by atoms with E-state index in [1.807, 2.05) is 13.8 Å². The molecule has 11 heteroatoms. The number of rotatable bonds is 7. The van der Waals surface area contributed by atoms with Gasteiger partial charge >= 0.3 is 6.36 Å². The molecule has 2 N–H and O–H groups in total. The lowest BCUT2D eigenvalue weighted by atomic mass is 10.1. The van der Waals surface area contributed by atoms with Crippen LogP contribution in [0.25, 0.3) is 5.65 Å². The Balaban J connectivity index is 1.68. The molecule has 1 aliphatic heterocycles. The summed E-state index contributed by atoms with van der Waals surface area (Å²) in [5.41, 5.74) is 1.46. The molecule has 0 radical (unpaired) electrons. The van der Waals surface area contributed by atoms with Crippen molar-refractivity contribution in [2.45, 2.75) is 55.8 Å². The number of benzene rings is 1. The molecule has 0 bridgehead atoms. The number of anilines is 1. The van der Waals surface area contributed by atoms with Crippen LogP contribution in [0.4, 0.5) is 23.2 Å². The van der Waals surface area contributed by atoms with E-state index < -0.39 is 12.2 Å². The summed E-state index contributed by atoms with van der Waals surface area (Å²) in [6.45, 7) is 5.64. The summed E-state index contributed by atoms with van der Waals surface area (Å²) in [6.07, 6.45) is -1.37. The zero-order chi connectivity index (χ0) is 23.6. The molecule has 0 aliphatic carbocycles. The van der Waals surface area contributed by atoms with Crippen LogP contribution in [0, 0.1) is 5.82 Å². The van der Waals surface area contributed by atoms with Crippen molar-refractivity contribution in [3.8, 4) is 5.75 Å². The summed E-state index contributed by atoms with van der Waals surface area (Å²) < 4.78 is 59.7. The zero-order valence-electron chi connectivity index (χ0n) is 18.2. The summed E-state index contributed by atoms with van der Waals surface area (Å²) in [6, 6.07) is 5.78. The van der Waals surface area contributed by atoms with Crippen LogP contribution in [0.1, 0.15) is 43.9 Å². The second-order valence-electron chi connectivity index (χ2n) is 8.14. The number of ether oxygens (including phenoxy) is 1. The lowest BCUT2D eigenvalue weighted by Crippen LogP contribution is -2.29. The molecule has 178 valence electrons. The predicted octanol–water partition coefficient (Wildman–Crippen LogP) is 5.35. The number of fused-ring (bicyclic) bond motifs is 1. The molecule has 0 amide bonds. The number of para-hydroxylation sites is 1. The van der Waals surface area contributed by atoms with Gasteiger partial charge in [0.2, 0.25) is 0 Å². The highest BCUT2D eigenvalue weighted by molar-refractivity contribution is 7.99. The second kappa shape index (κ2) is 9.76. The number of hydrogen-bond acceptors (Lipinski definition) is 6. The van der Waals surface area contributed by atoms with Gasteiger partial charge in [0, 0.05) is 17.4 Å². The summed E-state index contributed by atoms with van der Waals surface area (Å²) in [7, 11) is 0. The summed E-state index contributed by atoms with van der Waals surface area (Å²) in [4.78, 5) is 4.35. The molecule has 0 saturated carbocycles. The van der Waals surface area contributed by atoms with Crippen molar-refractivity contribution in [2.24, 2.45) is 0 Å². The number of imidazole rings is 1. The van der Waals surface area contributed by atoms with Gasteiger partial charge in [0.15, 0.2) is 16.5 Å². The normalized spacial score (nSPS) is 15.4. The first-order chi connectivity index (χ1) is 15.7. The number of halogens is 4. The van der Waals surface area contributed by atoms with Crippen molar-refractivity contribution in [3.63, 3.8) is 0 Å². The first kappa shape index (κ1) is 23.6. The van der Waals surface area contributed by atoms with Crippen molar-refractivity contribution in [1.82, 2.24) is 19.9 Å². The van der Waals surface area contributed by atoms with Crippen molar-refractivity contribution in [1.29, 1.82) is 0 Å². The largest absolute Gasteiger partial charge is 0.573 e.